The van der Waals surface area contributed by atoms with Crippen molar-refractivity contribution >= 4 is 34.6 Å². The van der Waals surface area contributed by atoms with E-state index in [0.29, 0.717) is 16.4 Å². The molecule has 0 aliphatic rings. The minimum atomic E-state index is -0.193. The van der Waals surface area contributed by atoms with Gasteiger partial charge in [-0.3, -0.25) is 9.48 Å². The van der Waals surface area contributed by atoms with Gasteiger partial charge in [-0.1, -0.05) is 11.6 Å². The minimum absolute atomic E-state index is 0.101. The zero-order valence-corrected chi connectivity index (χ0v) is 12.1. The maximum atomic E-state index is 11.9. The van der Waals surface area contributed by atoms with Gasteiger partial charge in [-0.2, -0.15) is 5.10 Å². The summed E-state index contributed by atoms with van der Waals surface area (Å²) in [5, 5.41) is 7.29. The number of nitrogens with two attached hydrogens (primary N) is 1. The summed E-state index contributed by atoms with van der Waals surface area (Å²) in [5.74, 6) is -0.193. The lowest BCUT2D eigenvalue weighted by Crippen LogP contribution is -2.19. The van der Waals surface area contributed by atoms with Crippen molar-refractivity contribution in [3.8, 4) is 0 Å². The predicted octanol–water partition coefficient (Wildman–Crippen LogP) is 1.82. The van der Waals surface area contributed by atoms with Gasteiger partial charge in [0.1, 0.15) is 6.54 Å². The molecule has 20 heavy (non-hydrogen) atoms. The smallest absolute Gasteiger partial charge is 0.246 e. The van der Waals surface area contributed by atoms with Gasteiger partial charge in [-0.25, -0.2) is 0 Å². The van der Waals surface area contributed by atoms with Crippen LogP contribution in [0.2, 0.25) is 5.02 Å². The Hall–Kier alpha value is -2.21. The average Bonchev–Trinajstić information content (AvgIpc) is 2.74. The van der Waals surface area contributed by atoms with Crippen LogP contribution in [0.3, 0.4) is 0 Å². The van der Waals surface area contributed by atoms with E-state index in [2.05, 4.69) is 10.4 Å². The molecule has 0 aliphatic carbocycles. The second kappa shape index (κ2) is 5.83. The molecule has 0 spiro atoms. The van der Waals surface area contributed by atoms with E-state index in [1.165, 1.54) is 10.9 Å². The lowest BCUT2D eigenvalue weighted by Gasteiger charge is -2.15. The van der Waals surface area contributed by atoms with E-state index in [1.54, 1.807) is 18.3 Å². The second-order valence-electron chi connectivity index (χ2n) is 4.58. The summed E-state index contributed by atoms with van der Waals surface area (Å²) in [6, 6.07) is 5.37. The molecular formula is C13H16ClN5O. The largest absolute Gasteiger partial charge is 0.396 e. The highest BCUT2D eigenvalue weighted by Crippen LogP contribution is 2.27. The number of anilines is 3. The second-order valence-corrected chi connectivity index (χ2v) is 4.99. The fourth-order valence-electron chi connectivity index (χ4n) is 1.76. The Morgan fingerprint density at radius 2 is 2.25 bits per heavy atom. The molecule has 0 aliphatic heterocycles. The molecule has 0 saturated carbocycles. The van der Waals surface area contributed by atoms with Gasteiger partial charge in [0.15, 0.2) is 0 Å². The van der Waals surface area contributed by atoms with Gasteiger partial charge in [0.2, 0.25) is 5.91 Å². The first-order chi connectivity index (χ1) is 9.45. The number of nitrogen functional groups attached to an aromatic ring is 1. The monoisotopic (exact) mass is 293 g/mol. The van der Waals surface area contributed by atoms with E-state index in [0.717, 1.165) is 5.69 Å². The Kier molecular flexibility index (Phi) is 4.14. The molecule has 1 aromatic carbocycles. The first-order valence-corrected chi connectivity index (χ1v) is 6.38. The first-order valence-electron chi connectivity index (χ1n) is 6.00. The molecule has 1 amide bonds. The molecule has 7 heteroatoms. The molecule has 0 fully saturated rings. The molecule has 0 atom stereocenters. The fourth-order valence-corrected chi connectivity index (χ4v) is 2.11. The summed E-state index contributed by atoms with van der Waals surface area (Å²) in [4.78, 5) is 13.8. The highest BCUT2D eigenvalue weighted by molar-refractivity contribution is 6.33. The fraction of sp³-hybridized carbons (Fsp3) is 0.231. The molecule has 1 heterocycles. The summed E-state index contributed by atoms with van der Waals surface area (Å²) < 4.78 is 1.47. The topological polar surface area (TPSA) is 76.2 Å². The summed E-state index contributed by atoms with van der Waals surface area (Å²) in [6.45, 7) is 0.101. The van der Waals surface area contributed by atoms with Crippen LogP contribution in [0.4, 0.5) is 17.1 Å². The molecule has 3 N–H and O–H groups in total. The van der Waals surface area contributed by atoms with Gasteiger partial charge in [0.05, 0.1) is 22.6 Å². The SMILES string of the molecule is CN(C)c1ccc(NC(=O)Cn2cc(N)cn2)cc1Cl. The molecule has 1 aromatic heterocycles. The van der Waals surface area contributed by atoms with Crippen molar-refractivity contribution in [2.45, 2.75) is 6.54 Å². The molecule has 2 rings (SSSR count). The van der Waals surface area contributed by atoms with Crippen LogP contribution in [0.25, 0.3) is 0 Å². The van der Waals surface area contributed by atoms with Crippen LogP contribution in [0, 0.1) is 0 Å². The van der Waals surface area contributed by atoms with E-state index >= 15 is 0 Å². The lowest BCUT2D eigenvalue weighted by molar-refractivity contribution is -0.116. The van der Waals surface area contributed by atoms with Gasteiger partial charge in [0, 0.05) is 26.0 Å². The zero-order chi connectivity index (χ0) is 14.7. The van der Waals surface area contributed by atoms with Crippen molar-refractivity contribution in [1.29, 1.82) is 0 Å². The van der Waals surface area contributed by atoms with Gasteiger partial charge in [-0.15, -0.1) is 0 Å². The number of benzene rings is 1. The Labute approximate surface area is 122 Å². The molecule has 2 aromatic rings. The Balaban J connectivity index is 2.03. The molecule has 6 nitrogen and oxygen atoms in total. The quantitative estimate of drug-likeness (QED) is 0.901. The number of halogens is 1. The highest BCUT2D eigenvalue weighted by atomic mass is 35.5. The normalized spacial score (nSPS) is 10.3. The van der Waals surface area contributed by atoms with Gasteiger partial charge >= 0.3 is 0 Å². The van der Waals surface area contributed by atoms with Crippen molar-refractivity contribution in [2.75, 3.05) is 30.0 Å². The van der Waals surface area contributed by atoms with E-state index < -0.39 is 0 Å². The van der Waals surface area contributed by atoms with Gasteiger partial charge < -0.3 is 16.0 Å². The third kappa shape index (κ3) is 3.42. The summed E-state index contributed by atoms with van der Waals surface area (Å²) in [6.07, 6.45) is 3.09. The highest BCUT2D eigenvalue weighted by Gasteiger charge is 2.07. The molecular weight excluding hydrogens is 278 g/mol. The number of hydrogen-bond donors (Lipinski definition) is 2. The summed E-state index contributed by atoms with van der Waals surface area (Å²) in [5.41, 5.74) is 7.60. The number of aromatic nitrogens is 2. The molecule has 0 bridgehead atoms. The van der Waals surface area contributed by atoms with Crippen molar-refractivity contribution < 1.29 is 4.79 Å². The maximum absolute atomic E-state index is 11.9. The van der Waals surface area contributed by atoms with Crippen LogP contribution in [0.5, 0.6) is 0 Å². The zero-order valence-electron chi connectivity index (χ0n) is 11.3. The summed E-state index contributed by atoms with van der Waals surface area (Å²) in [7, 11) is 3.81. The standard InChI is InChI=1S/C13H16ClN5O/c1-18(2)12-4-3-10(5-11(12)14)17-13(20)8-19-7-9(15)6-16-19/h3-7H,8,15H2,1-2H3,(H,17,20). The van der Waals surface area contributed by atoms with E-state index in [1.807, 2.05) is 25.1 Å². The van der Waals surface area contributed by atoms with Crippen LogP contribution in [-0.2, 0) is 11.3 Å². The number of nitrogens with zero attached hydrogens (tertiary/aromatic N) is 3. The maximum Gasteiger partial charge on any atom is 0.246 e. The average molecular weight is 294 g/mol. The van der Waals surface area contributed by atoms with Crippen LogP contribution in [0.1, 0.15) is 0 Å². The number of nitrogens with one attached hydrogen (secondary N) is 1. The van der Waals surface area contributed by atoms with Crippen molar-refractivity contribution in [2.24, 2.45) is 0 Å². The predicted molar refractivity (Wildman–Crippen MR) is 81.0 cm³/mol. The molecule has 0 saturated heterocycles. The van der Waals surface area contributed by atoms with Gasteiger partial charge in [0.25, 0.3) is 0 Å². The van der Waals surface area contributed by atoms with Crippen LogP contribution >= 0.6 is 11.6 Å². The summed E-state index contributed by atoms with van der Waals surface area (Å²) >= 11 is 6.14. The Morgan fingerprint density at radius 3 is 2.80 bits per heavy atom. The van der Waals surface area contributed by atoms with Crippen LogP contribution < -0.4 is 16.0 Å². The Morgan fingerprint density at radius 1 is 1.50 bits per heavy atom. The minimum Gasteiger partial charge on any atom is -0.396 e. The molecule has 106 valence electrons. The first kappa shape index (κ1) is 14.2. The number of rotatable bonds is 4. The molecule has 0 unspecified atom stereocenters. The molecule has 0 radical (unpaired) electrons. The van der Waals surface area contributed by atoms with Gasteiger partial charge in [-0.05, 0) is 18.2 Å². The van der Waals surface area contributed by atoms with Crippen LogP contribution in [0.15, 0.2) is 30.6 Å². The lowest BCUT2D eigenvalue weighted by atomic mass is 10.2. The van der Waals surface area contributed by atoms with Crippen molar-refractivity contribution in [1.82, 2.24) is 9.78 Å². The number of carbonyl (C=O) groups excluding carboxylic acids is 1. The number of carbonyl (C=O) groups is 1. The third-order valence-electron chi connectivity index (χ3n) is 2.67. The number of amides is 1. The number of hydrogen-bond acceptors (Lipinski definition) is 4. The van der Waals surface area contributed by atoms with Crippen molar-refractivity contribution in [3.05, 3.63) is 35.6 Å². The van der Waals surface area contributed by atoms with Crippen molar-refractivity contribution in [3.63, 3.8) is 0 Å². The van der Waals surface area contributed by atoms with E-state index in [-0.39, 0.29) is 12.5 Å². The third-order valence-corrected chi connectivity index (χ3v) is 2.97. The van der Waals surface area contributed by atoms with E-state index in [4.69, 9.17) is 17.3 Å². The van der Waals surface area contributed by atoms with E-state index in [9.17, 15) is 4.79 Å². The Bertz CT molecular complexity index is 623. The van der Waals surface area contributed by atoms with Crippen LogP contribution in [-0.4, -0.2) is 29.8 Å².